The minimum absolute atomic E-state index is 0.108. The Kier molecular flexibility index (Phi) is 5.80. The highest BCUT2D eigenvalue weighted by atomic mass is 32.2. The van der Waals surface area contributed by atoms with Crippen molar-refractivity contribution in [2.24, 2.45) is 5.92 Å². The third-order valence-corrected chi connectivity index (χ3v) is 10.2. The highest BCUT2D eigenvalue weighted by molar-refractivity contribution is 7.89. The number of nitrogens with zero attached hydrogens (tertiary/aromatic N) is 1. The van der Waals surface area contributed by atoms with E-state index in [9.17, 15) is 8.42 Å². The number of sulfonamides is 1. The summed E-state index contributed by atoms with van der Waals surface area (Å²) in [4.78, 5) is 0.342. The van der Waals surface area contributed by atoms with Crippen LogP contribution in [0.1, 0.15) is 35.1 Å². The second kappa shape index (κ2) is 9.37. The molecule has 1 N–H and O–H groups in total. The summed E-state index contributed by atoms with van der Waals surface area (Å²) in [7, 11) is -1.99. The quantitative estimate of drug-likeness (QED) is 0.188. The molecule has 7 rings (SSSR count). The van der Waals surface area contributed by atoms with Gasteiger partial charge < -0.3 is 5.32 Å². The van der Waals surface area contributed by atoms with E-state index in [0.717, 1.165) is 23.2 Å². The maximum absolute atomic E-state index is 13.6. The Labute approximate surface area is 229 Å². The first-order valence-electron chi connectivity index (χ1n) is 13.5. The fourth-order valence-corrected chi connectivity index (χ4v) is 7.70. The van der Waals surface area contributed by atoms with Gasteiger partial charge in [-0.3, -0.25) is 0 Å². The van der Waals surface area contributed by atoms with Crippen LogP contribution in [0, 0.1) is 5.92 Å². The fraction of sp³-hybridized carbons (Fsp3) is 0.176. The monoisotopic (exact) mass is 530 g/mol. The van der Waals surface area contributed by atoms with Crippen molar-refractivity contribution in [1.82, 2.24) is 4.31 Å². The minimum atomic E-state index is -3.64. The van der Waals surface area contributed by atoms with Crippen molar-refractivity contribution in [1.29, 1.82) is 0 Å². The average Bonchev–Trinajstić information content (AvgIpc) is 3.46. The highest BCUT2D eigenvalue weighted by Crippen LogP contribution is 2.52. The van der Waals surface area contributed by atoms with Crippen LogP contribution in [-0.4, -0.2) is 19.8 Å². The molecule has 0 spiro atoms. The standard InChI is InChI=1S/C34H30N2O2S/c1-36(22-23-10-3-2-4-11-23)39(37,38)26-18-19-32-31(21-26)29-16-9-17-30(29)34(35-32)33-27-14-7-5-12-24(27)20-25-13-6-8-15-28(25)33/h2-16,18-21,29-30,34-35H,17,22H2,1H3. The minimum Gasteiger partial charge on any atom is -0.378 e. The van der Waals surface area contributed by atoms with Gasteiger partial charge in [0.2, 0.25) is 10.0 Å². The summed E-state index contributed by atoms with van der Waals surface area (Å²) < 4.78 is 28.6. The van der Waals surface area contributed by atoms with Gasteiger partial charge in [0.05, 0.1) is 10.9 Å². The molecule has 5 aromatic rings. The summed E-state index contributed by atoms with van der Waals surface area (Å²) in [5.74, 6) is 0.449. The molecule has 3 atom stereocenters. The predicted molar refractivity (Wildman–Crippen MR) is 159 cm³/mol. The van der Waals surface area contributed by atoms with Crippen molar-refractivity contribution in [2.45, 2.75) is 29.8 Å². The van der Waals surface area contributed by atoms with Gasteiger partial charge in [-0.25, -0.2) is 8.42 Å². The molecular formula is C34H30N2O2S. The molecular weight excluding hydrogens is 500 g/mol. The molecule has 0 saturated carbocycles. The van der Waals surface area contributed by atoms with Crippen LogP contribution in [-0.2, 0) is 16.6 Å². The number of hydrogen-bond acceptors (Lipinski definition) is 3. The van der Waals surface area contributed by atoms with E-state index >= 15 is 0 Å². The van der Waals surface area contributed by atoms with Crippen LogP contribution >= 0.6 is 0 Å². The zero-order valence-corrected chi connectivity index (χ0v) is 22.6. The van der Waals surface area contributed by atoms with Gasteiger partial charge in [0.1, 0.15) is 0 Å². The first-order valence-corrected chi connectivity index (χ1v) is 14.9. The molecule has 4 nitrogen and oxygen atoms in total. The van der Waals surface area contributed by atoms with Crippen molar-refractivity contribution in [3.63, 3.8) is 0 Å². The van der Waals surface area contributed by atoms with Gasteiger partial charge in [-0.05, 0) is 74.8 Å². The van der Waals surface area contributed by atoms with Crippen molar-refractivity contribution < 1.29 is 8.42 Å². The molecule has 1 heterocycles. The number of allylic oxidation sites excluding steroid dienone is 2. The largest absolute Gasteiger partial charge is 0.378 e. The second-order valence-corrected chi connectivity index (χ2v) is 12.7. The molecule has 0 aromatic heterocycles. The molecule has 0 saturated heterocycles. The van der Waals surface area contributed by atoms with Gasteiger partial charge in [-0.2, -0.15) is 4.31 Å². The van der Waals surface area contributed by atoms with Crippen molar-refractivity contribution in [3.05, 3.63) is 132 Å². The molecule has 0 fully saturated rings. The molecule has 5 heteroatoms. The van der Waals surface area contributed by atoms with E-state index in [1.807, 2.05) is 42.5 Å². The summed E-state index contributed by atoms with van der Waals surface area (Å²) in [5.41, 5.74) is 4.36. The number of nitrogens with one attached hydrogen (secondary N) is 1. The maximum atomic E-state index is 13.6. The lowest BCUT2D eigenvalue weighted by atomic mass is 9.75. The smallest absolute Gasteiger partial charge is 0.243 e. The summed E-state index contributed by atoms with van der Waals surface area (Å²) in [6, 6.07) is 35.0. The van der Waals surface area contributed by atoms with Gasteiger partial charge in [0, 0.05) is 25.2 Å². The summed E-state index contributed by atoms with van der Waals surface area (Å²) in [6.45, 7) is 0.334. The number of rotatable bonds is 5. The Hall–Kier alpha value is -3.93. The third-order valence-electron chi connectivity index (χ3n) is 8.41. The van der Waals surface area contributed by atoms with Crippen LogP contribution in [0.3, 0.4) is 0 Å². The molecule has 0 radical (unpaired) electrons. The molecule has 194 valence electrons. The predicted octanol–water partition coefficient (Wildman–Crippen LogP) is 7.64. The number of benzene rings is 5. The molecule has 5 aromatic carbocycles. The average molecular weight is 531 g/mol. The van der Waals surface area contributed by atoms with E-state index in [2.05, 4.69) is 72.1 Å². The first-order chi connectivity index (χ1) is 19.0. The van der Waals surface area contributed by atoms with Crippen LogP contribution in [0.15, 0.2) is 120 Å². The Balaban J connectivity index is 1.30. The Morgan fingerprint density at radius 1 is 0.821 bits per heavy atom. The normalized spacial score (nSPS) is 20.2. The van der Waals surface area contributed by atoms with Crippen molar-refractivity contribution in [2.75, 3.05) is 12.4 Å². The number of fused-ring (bicyclic) bond motifs is 5. The molecule has 0 bridgehead atoms. The van der Waals surface area contributed by atoms with Gasteiger partial charge in [-0.1, -0.05) is 91.0 Å². The molecule has 2 aliphatic rings. The molecule has 3 unspecified atom stereocenters. The fourth-order valence-electron chi connectivity index (χ4n) is 6.51. The van der Waals surface area contributed by atoms with E-state index in [1.165, 1.54) is 31.4 Å². The number of hydrogen-bond donors (Lipinski definition) is 1. The zero-order chi connectivity index (χ0) is 26.6. The van der Waals surface area contributed by atoms with Gasteiger partial charge in [0.15, 0.2) is 0 Å². The highest BCUT2D eigenvalue weighted by Gasteiger charge is 2.40. The van der Waals surface area contributed by atoms with Crippen LogP contribution in [0.2, 0.25) is 0 Å². The lowest BCUT2D eigenvalue weighted by Gasteiger charge is -2.39. The summed E-state index contributed by atoms with van der Waals surface area (Å²) >= 11 is 0. The molecule has 0 amide bonds. The Morgan fingerprint density at radius 3 is 2.21 bits per heavy atom. The van der Waals surface area contributed by atoms with Crippen LogP contribution in [0.4, 0.5) is 5.69 Å². The first kappa shape index (κ1) is 24.1. The van der Waals surface area contributed by atoms with Crippen LogP contribution in [0.25, 0.3) is 21.5 Å². The second-order valence-electron chi connectivity index (χ2n) is 10.7. The topological polar surface area (TPSA) is 49.4 Å². The SMILES string of the molecule is CN(Cc1ccccc1)S(=O)(=O)c1ccc2c(c1)C1C=CCC1C(c1c3ccccc3cc3ccccc13)N2. The summed E-state index contributed by atoms with van der Waals surface area (Å²) in [6.07, 6.45) is 5.48. The van der Waals surface area contributed by atoms with E-state index in [0.29, 0.717) is 17.4 Å². The molecule has 1 aliphatic carbocycles. The van der Waals surface area contributed by atoms with E-state index in [4.69, 9.17) is 0 Å². The van der Waals surface area contributed by atoms with Crippen molar-refractivity contribution in [3.8, 4) is 0 Å². The van der Waals surface area contributed by atoms with Crippen LogP contribution in [0.5, 0.6) is 0 Å². The van der Waals surface area contributed by atoms with E-state index in [1.54, 1.807) is 13.1 Å². The molecule has 39 heavy (non-hydrogen) atoms. The Bertz CT molecular complexity index is 1790. The van der Waals surface area contributed by atoms with Crippen LogP contribution < -0.4 is 5.32 Å². The lowest BCUT2D eigenvalue weighted by Crippen LogP contribution is -2.30. The van der Waals surface area contributed by atoms with Gasteiger partial charge in [0.25, 0.3) is 0 Å². The molecule has 1 aliphatic heterocycles. The van der Waals surface area contributed by atoms with Gasteiger partial charge >= 0.3 is 0 Å². The van der Waals surface area contributed by atoms with Gasteiger partial charge in [-0.15, -0.1) is 0 Å². The third kappa shape index (κ3) is 4.05. The maximum Gasteiger partial charge on any atom is 0.243 e. The zero-order valence-electron chi connectivity index (χ0n) is 21.8. The summed E-state index contributed by atoms with van der Waals surface area (Å²) in [5, 5.41) is 8.88. The van der Waals surface area contributed by atoms with E-state index < -0.39 is 10.0 Å². The van der Waals surface area contributed by atoms with Crippen molar-refractivity contribution >= 4 is 37.3 Å². The lowest BCUT2D eigenvalue weighted by molar-refractivity contribution is 0.428. The number of anilines is 1. The Morgan fingerprint density at radius 2 is 1.49 bits per heavy atom. The van der Waals surface area contributed by atoms with E-state index in [-0.39, 0.29) is 12.0 Å².